The highest BCUT2D eigenvalue weighted by molar-refractivity contribution is 5.97. The number of rotatable bonds is 1. The fourth-order valence-electron chi connectivity index (χ4n) is 1.64. The summed E-state index contributed by atoms with van der Waals surface area (Å²) in [5.74, 6) is -0.788. The van der Waals surface area contributed by atoms with Crippen molar-refractivity contribution in [3.8, 4) is 0 Å². The van der Waals surface area contributed by atoms with Crippen LogP contribution in [0.5, 0.6) is 0 Å². The topological polar surface area (TPSA) is 27.1 Å². The van der Waals surface area contributed by atoms with E-state index in [0.717, 1.165) is 12.5 Å². The summed E-state index contributed by atoms with van der Waals surface area (Å²) in [6.07, 6.45) is 1.52. The average Bonchev–Trinajstić information content (AvgIpc) is 2.52. The molecule has 0 amide bonds. The molecule has 1 N–H and O–H groups in total. The Bertz CT molecular complexity index is 376. The highest BCUT2D eigenvalue weighted by Gasteiger charge is 2.21. The molecular formula is C10H10F2N2. The van der Waals surface area contributed by atoms with Gasteiger partial charge >= 0.3 is 0 Å². The minimum absolute atomic E-state index is 0.300. The van der Waals surface area contributed by atoms with E-state index in [0.29, 0.717) is 24.5 Å². The van der Waals surface area contributed by atoms with Gasteiger partial charge in [-0.1, -0.05) is 0 Å². The lowest BCUT2D eigenvalue weighted by Crippen LogP contribution is -2.24. The smallest absolute Gasteiger partial charge is 0.149 e. The normalized spacial score (nSPS) is 16.4. The lowest BCUT2D eigenvalue weighted by atomic mass is 10.2. The Morgan fingerprint density at radius 3 is 2.64 bits per heavy atom. The molecule has 0 aliphatic carbocycles. The van der Waals surface area contributed by atoms with Crippen molar-refractivity contribution in [1.82, 2.24) is 0 Å². The van der Waals surface area contributed by atoms with Crippen molar-refractivity contribution in [1.29, 1.82) is 5.41 Å². The average molecular weight is 196 g/mol. The molecule has 0 bridgehead atoms. The first kappa shape index (κ1) is 9.12. The summed E-state index contributed by atoms with van der Waals surface area (Å²) in [6, 6.07) is 3.44. The molecule has 1 aliphatic heterocycles. The van der Waals surface area contributed by atoms with E-state index >= 15 is 0 Å². The lowest BCUT2D eigenvalue weighted by molar-refractivity contribution is 0.583. The molecule has 0 radical (unpaired) electrons. The number of amidine groups is 1. The largest absolute Gasteiger partial charge is 0.328 e. The molecule has 0 spiro atoms. The van der Waals surface area contributed by atoms with Gasteiger partial charge in [0.05, 0.1) is 5.69 Å². The van der Waals surface area contributed by atoms with Crippen molar-refractivity contribution in [3.05, 3.63) is 29.8 Å². The maximum Gasteiger partial charge on any atom is 0.149 e. The Hall–Kier alpha value is -1.45. The predicted molar refractivity (Wildman–Crippen MR) is 50.7 cm³/mol. The van der Waals surface area contributed by atoms with Crippen molar-refractivity contribution >= 4 is 11.5 Å². The van der Waals surface area contributed by atoms with E-state index in [9.17, 15) is 8.78 Å². The minimum Gasteiger partial charge on any atom is -0.328 e. The zero-order chi connectivity index (χ0) is 10.1. The van der Waals surface area contributed by atoms with Gasteiger partial charge in [-0.15, -0.1) is 0 Å². The van der Waals surface area contributed by atoms with Crippen LogP contribution < -0.4 is 4.90 Å². The van der Waals surface area contributed by atoms with Gasteiger partial charge in [0, 0.05) is 19.0 Å². The SMILES string of the molecule is N=C1CCCN1c1ccc(F)cc1F. The van der Waals surface area contributed by atoms with E-state index < -0.39 is 11.6 Å². The molecule has 74 valence electrons. The maximum atomic E-state index is 13.3. The van der Waals surface area contributed by atoms with Crippen LogP contribution in [0, 0.1) is 17.0 Å². The Labute approximate surface area is 80.7 Å². The Kier molecular flexibility index (Phi) is 2.19. The number of hydrogen-bond acceptors (Lipinski definition) is 1. The van der Waals surface area contributed by atoms with Gasteiger partial charge in [-0.2, -0.15) is 0 Å². The first-order valence-electron chi connectivity index (χ1n) is 4.48. The van der Waals surface area contributed by atoms with Gasteiger partial charge in [-0.3, -0.25) is 5.41 Å². The molecule has 0 atom stereocenters. The summed E-state index contributed by atoms with van der Waals surface area (Å²) in [5, 5.41) is 7.56. The second-order valence-corrected chi connectivity index (χ2v) is 3.30. The molecule has 0 unspecified atom stereocenters. The molecule has 4 heteroatoms. The summed E-state index contributed by atoms with van der Waals surface area (Å²) >= 11 is 0. The van der Waals surface area contributed by atoms with Crippen molar-refractivity contribution in [2.75, 3.05) is 11.4 Å². The Morgan fingerprint density at radius 2 is 2.07 bits per heavy atom. The summed E-state index contributed by atoms with van der Waals surface area (Å²) in [6.45, 7) is 0.640. The summed E-state index contributed by atoms with van der Waals surface area (Å²) in [4.78, 5) is 1.58. The second kappa shape index (κ2) is 3.36. The van der Waals surface area contributed by atoms with E-state index in [4.69, 9.17) is 5.41 Å². The van der Waals surface area contributed by atoms with Gasteiger partial charge in [0.1, 0.15) is 17.5 Å². The molecule has 1 heterocycles. The first-order valence-corrected chi connectivity index (χ1v) is 4.48. The molecule has 0 saturated carbocycles. The van der Waals surface area contributed by atoms with Gasteiger partial charge < -0.3 is 4.90 Å². The number of nitrogens with one attached hydrogen (secondary N) is 1. The summed E-state index contributed by atoms with van der Waals surface area (Å²) in [7, 11) is 0. The quantitative estimate of drug-likeness (QED) is 0.734. The minimum atomic E-state index is -0.600. The van der Waals surface area contributed by atoms with E-state index in [-0.39, 0.29) is 0 Å². The third kappa shape index (κ3) is 1.47. The molecule has 2 nitrogen and oxygen atoms in total. The highest BCUT2D eigenvalue weighted by atomic mass is 19.1. The van der Waals surface area contributed by atoms with Crippen molar-refractivity contribution < 1.29 is 8.78 Å². The van der Waals surface area contributed by atoms with Gasteiger partial charge in [0.2, 0.25) is 0 Å². The number of nitrogens with zero attached hydrogens (tertiary/aromatic N) is 1. The zero-order valence-electron chi connectivity index (χ0n) is 7.56. The van der Waals surface area contributed by atoms with Gasteiger partial charge in [0.25, 0.3) is 0 Å². The van der Waals surface area contributed by atoms with Crippen molar-refractivity contribution in [2.45, 2.75) is 12.8 Å². The van der Waals surface area contributed by atoms with Gasteiger partial charge in [-0.25, -0.2) is 8.78 Å². The van der Waals surface area contributed by atoms with Crippen LogP contribution in [0.15, 0.2) is 18.2 Å². The maximum absolute atomic E-state index is 13.3. The van der Waals surface area contributed by atoms with Crippen LogP contribution in [0.2, 0.25) is 0 Å². The predicted octanol–water partition coefficient (Wildman–Crippen LogP) is 2.54. The van der Waals surface area contributed by atoms with Crippen LogP contribution >= 0.6 is 0 Å². The first-order chi connectivity index (χ1) is 6.68. The van der Waals surface area contributed by atoms with Crippen LogP contribution in [0.1, 0.15) is 12.8 Å². The van der Waals surface area contributed by atoms with Crippen LogP contribution in [0.4, 0.5) is 14.5 Å². The fourth-order valence-corrected chi connectivity index (χ4v) is 1.64. The van der Waals surface area contributed by atoms with E-state index in [2.05, 4.69) is 0 Å². The molecule has 1 aromatic rings. The molecule has 1 aromatic carbocycles. The Morgan fingerprint density at radius 1 is 1.29 bits per heavy atom. The standard InChI is InChI=1S/C10H10F2N2/c11-7-3-4-9(8(12)6-7)14-5-1-2-10(14)13/h3-4,6,13H,1-2,5H2. The van der Waals surface area contributed by atoms with E-state index in [1.165, 1.54) is 12.1 Å². The zero-order valence-corrected chi connectivity index (χ0v) is 7.56. The number of anilines is 1. The van der Waals surface area contributed by atoms with Crippen LogP contribution in [0.25, 0.3) is 0 Å². The van der Waals surface area contributed by atoms with E-state index in [1.54, 1.807) is 4.90 Å². The number of halogens is 2. The molecular weight excluding hydrogens is 186 g/mol. The molecule has 1 aliphatic rings. The third-order valence-corrected chi connectivity index (χ3v) is 2.32. The Balaban J connectivity index is 2.36. The van der Waals surface area contributed by atoms with Crippen molar-refractivity contribution in [3.63, 3.8) is 0 Å². The van der Waals surface area contributed by atoms with Crippen LogP contribution in [-0.2, 0) is 0 Å². The monoisotopic (exact) mass is 196 g/mol. The van der Waals surface area contributed by atoms with Crippen molar-refractivity contribution in [2.24, 2.45) is 0 Å². The fraction of sp³-hybridized carbons (Fsp3) is 0.300. The summed E-state index contributed by atoms with van der Waals surface area (Å²) in [5.41, 5.74) is 0.300. The summed E-state index contributed by atoms with van der Waals surface area (Å²) < 4.78 is 25.9. The number of benzene rings is 1. The van der Waals surface area contributed by atoms with Crippen LogP contribution in [0.3, 0.4) is 0 Å². The highest BCUT2D eigenvalue weighted by Crippen LogP contribution is 2.24. The van der Waals surface area contributed by atoms with Crippen LogP contribution in [-0.4, -0.2) is 12.4 Å². The molecule has 1 fully saturated rings. The molecule has 2 rings (SSSR count). The van der Waals surface area contributed by atoms with Gasteiger partial charge in [0.15, 0.2) is 0 Å². The second-order valence-electron chi connectivity index (χ2n) is 3.30. The third-order valence-electron chi connectivity index (χ3n) is 2.32. The van der Waals surface area contributed by atoms with Gasteiger partial charge in [-0.05, 0) is 18.6 Å². The van der Waals surface area contributed by atoms with E-state index in [1.807, 2.05) is 0 Å². The number of hydrogen-bond donors (Lipinski definition) is 1. The molecule has 0 aromatic heterocycles. The lowest BCUT2D eigenvalue weighted by Gasteiger charge is -2.18. The molecule has 1 saturated heterocycles. The molecule has 14 heavy (non-hydrogen) atoms.